The summed E-state index contributed by atoms with van der Waals surface area (Å²) in [6.07, 6.45) is 3.95. The molecule has 0 amide bonds. The molecule has 0 aliphatic carbocycles. The Labute approximate surface area is 126 Å². The van der Waals surface area contributed by atoms with E-state index in [1.165, 1.54) is 10.3 Å². The summed E-state index contributed by atoms with van der Waals surface area (Å²) in [5.41, 5.74) is 3.37. The van der Waals surface area contributed by atoms with E-state index in [9.17, 15) is 0 Å². The van der Waals surface area contributed by atoms with Crippen molar-refractivity contribution < 1.29 is 0 Å². The van der Waals surface area contributed by atoms with Crippen molar-refractivity contribution in [1.29, 1.82) is 0 Å². The van der Waals surface area contributed by atoms with Crippen molar-refractivity contribution in [1.82, 2.24) is 14.8 Å². The van der Waals surface area contributed by atoms with Crippen molar-refractivity contribution in [2.75, 3.05) is 0 Å². The van der Waals surface area contributed by atoms with Crippen LogP contribution in [0.1, 0.15) is 5.56 Å². The largest absolute Gasteiger partial charge is 0.268 e. The van der Waals surface area contributed by atoms with Gasteiger partial charge in [-0.05, 0) is 17.7 Å². The van der Waals surface area contributed by atoms with Crippen LogP contribution in [0, 0.1) is 0 Å². The molecule has 0 aliphatic rings. The molecule has 0 aliphatic heterocycles. The molecular formula is C17H13N3S. The normalized spacial score (nSPS) is 11.0. The van der Waals surface area contributed by atoms with E-state index in [0.29, 0.717) is 0 Å². The maximum absolute atomic E-state index is 4.67. The number of nitrogens with zero attached hydrogens (tertiary/aromatic N) is 3. The molecule has 0 saturated heterocycles. The first-order valence-electron chi connectivity index (χ1n) is 6.81. The molecule has 0 atom stereocenters. The van der Waals surface area contributed by atoms with Gasteiger partial charge in [0.1, 0.15) is 5.01 Å². The molecule has 0 unspecified atom stereocenters. The number of para-hydroxylation sites is 1. The summed E-state index contributed by atoms with van der Waals surface area (Å²) in [7, 11) is 0. The zero-order valence-electron chi connectivity index (χ0n) is 11.3. The third-order valence-corrected chi connectivity index (χ3v) is 4.45. The molecule has 0 N–H and O–H groups in total. The van der Waals surface area contributed by atoms with Crippen molar-refractivity contribution in [3.8, 4) is 10.6 Å². The van der Waals surface area contributed by atoms with Crippen molar-refractivity contribution in [3.05, 3.63) is 72.6 Å². The highest BCUT2D eigenvalue weighted by atomic mass is 32.1. The molecule has 3 nitrogen and oxygen atoms in total. The summed E-state index contributed by atoms with van der Waals surface area (Å²) in [5, 5.41) is 5.46. The van der Waals surface area contributed by atoms with Crippen LogP contribution in [0.2, 0.25) is 0 Å². The quantitative estimate of drug-likeness (QED) is 0.566. The van der Waals surface area contributed by atoms with Crippen LogP contribution >= 0.6 is 11.3 Å². The van der Waals surface area contributed by atoms with Crippen LogP contribution in [0.3, 0.4) is 0 Å². The fourth-order valence-corrected chi connectivity index (χ4v) is 3.27. The fraction of sp³-hybridized carbons (Fsp3) is 0.0588. The fourth-order valence-electron chi connectivity index (χ4n) is 2.33. The van der Waals surface area contributed by atoms with Gasteiger partial charge in [0.15, 0.2) is 0 Å². The lowest BCUT2D eigenvalue weighted by atomic mass is 10.2. The predicted molar refractivity (Wildman–Crippen MR) is 86.4 cm³/mol. The molecule has 2 heterocycles. The number of fused-ring (bicyclic) bond motifs is 1. The highest BCUT2D eigenvalue weighted by Crippen LogP contribution is 2.29. The van der Waals surface area contributed by atoms with Gasteiger partial charge in [-0.15, -0.1) is 11.3 Å². The molecule has 4 aromatic rings. The first kappa shape index (κ1) is 12.3. The third kappa shape index (κ3) is 2.45. The Morgan fingerprint density at radius 2 is 1.76 bits per heavy atom. The Balaban J connectivity index is 1.64. The number of aromatic nitrogens is 3. The van der Waals surface area contributed by atoms with E-state index in [1.54, 1.807) is 11.3 Å². The van der Waals surface area contributed by atoms with Gasteiger partial charge in [-0.2, -0.15) is 5.10 Å². The standard InChI is InChI=1S/C17H13N3S/c1-2-6-13(7-3-1)11-20-12-14(10-18-20)17-19-15-8-4-5-9-16(15)21-17/h1-10,12H,11H2. The summed E-state index contributed by atoms with van der Waals surface area (Å²) < 4.78 is 3.17. The van der Waals surface area contributed by atoms with Gasteiger partial charge in [0, 0.05) is 11.8 Å². The maximum Gasteiger partial charge on any atom is 0.127 e. The number of hydrogen-bond donors (Lipinski definition) is 0. The minimum absolute atomic E-state index is 0.783. The van der Waals surface area contributed by atoms with Crippen molar-refractivity contribution >= 4 is 21.6 Å². The second kappa shape index (κ2) is 5.14. The molecule has 0 spiro atoms. The average Bonchev–Trinajstić information content (AvgIpc) is 3.14. The van der Waals surface area contributed by atoms with E-state index < -0.39 is 0 Å². The molecule has 0 bridgehead atoms. The van der Waals surface area contributed by atoms with Crippen LogP contribution in [0.15, 0.2) is 67.0 Å². The SMILES string of the molecule is c1ccc(Cn2cc(-c3nc4ccccc4s3)cn2)cc1. The Hall–Kier alpha value is -2.46. The van der Waals surface area contributed by atoms with Gasteiger partial charge in [0.05, 0.1) is 23.0 Å². The molecule has 0 saturated carbocycles. The smallest absolute Gasteiger partial charge is 0.127 e. The van der Waals surface area contributed by atoms with E-state index in [1.807, 2.05) is 47.3 Å². The van der Waals surface area contributed by atoms with Crippen molar-refractivity contribution in [2.24, 2.45) is 0 Å². The Morgan fingerprint density at radius 3 is 2.62 bits per heavy atom. The van der Waals surface area contributed by atoms with Crippen LogP contribution in [0.25, 0.3) is 20.8 Å². The van der Waals surface area contributed by atoms with E-state index in [-0.39, 0.29) is 0 Å². The molecule has 0 fully saturated rings. The van der Waals surface area contributed by atoms with Crippen molar-refractivity contribution in [2.45, 2.75) is 6.54 Å². The minimum atomic E-state index is 0.783. The Bertz CT molecular complexity index is 844. The highest BCUT2D eigenvalue weighted by molar-refractivity contribution is 7.21. The molecule has 2 aromatic heterocycles. The number of rotatable bonds is 3. The number of thiazole rings is 1. The summed E-state index contributed by atoms with van der Waals surface area (Å²) in [6, 6.07) is 18.6. The highest BCUT2D eigenvalue weighted by Gasteiger charge is 2.08. The molecule has 21 heavy (non-hydrogen) atoms. The average molecular weight is 291 g/mol. The molecule has 4 rings (SSSR count). The van der Waals surface area contributed by atoms with E-state index in [4.69, 9.17) is 0 Å². The van der Waals surface area contributed by atoms with E-state index in [2.05, 4.69) is 34.5 Å². The van der Waals surface area contributed by atoms with Crippen LogP contribution in [0.5, 0.6) is 0 Å². The maximum atomic E-state index is 4.67. The lowest BCUT2D eigenvalue weighted by Gasteiger charge is -2.00. The topological polar surface area (TPSA) is 30.7 Å². The van der Waals surface area contributed by atoms with Gasteiger partial charge < -0.3 is 0 Å². The van der Waals surface area contributed by atoms with Gasteiger partial charge in [0.2, 0.25) is 0 Å². The minimum Gasteiger partial charge on any atom is -0.268 e. The molecule has 102 valence electrons. The van der Waals surface area contributed by atoms with Gasteiger partial charge in [0.25, 0.3) is 0 Å². The molecule has 4 heteroatoms. The van der Waals surface area contributed by atoms with Gasteiger partial charge >= 0.3 is 0 Å². The monoisotopic (exact) mass is 291 g/mol. The first-order valence-corrected chi connectivity index (χ1v) is 7.62. The summed E-state index contributed by atoms with van der Waals surface area (Å²) in [5.74, 6) is 0. The second-order valence-corrected chi connectivity index (χ2v) is 5.93. The summed E-state index contributed by atoms with van der Waals surface area (Å²) in [6.45, 7) is 0.783. The van der Waals surface area contributed by atoms with E-state index >= 15 is 0 Å². The third-order valence-electron chi connectivity index (χ3n) is 3.36. The second-order valence-electron chi connectivity index (χ2n) is 4.90. The molecule has 0 radical (unpaired) electrons. The Morgan fingerprint density at radius 1 is 0.952 bits per heavy atom. The van der Waals surface area contributed by atoms with Crippen molar-refractivity contribution in [3.63, 3.8) is 0 Å². The lowest BCUT2D eigenvalue weighted by Crippen LogP contribution is -1.99. The van der Waals surface area contributed by atoms with Crippen LogP contribution in [-0.4, -0.2) is 14.8 Å². The van der Waals surface area contributed by atoms with E-state index in [0.717, 1.165) is 22.6 Å². The van der Waals surface area contributed by atoms with Gasteiger partial charge in [-0.3, -0.25) is 4.68 Å². The van der Waals surface area contributed by atoms with Crippen LogP contribution in [0.4, 0.5) is 0 Å². The summed E-state index contributed by atoms with van der Waals surface area (Å²) in [4.78, 5) is 4.67. The first-order chi connectivity index (χ1) is 10.4. The number of hydrogen-bond acceptors (Lipinski definition) is 3. The van der Waals surface area contributed by atoms with Crippen LogP contribution < -0.4 is 0 Å². The predicted octanol–water partition coefficient (Wildman–Crippen LogP) is 4.21. The van der Waals surface area contributed by atoms with Gasteiger partial charge in [-0.1, -0.05) is 42.5 Å². The zero-order chi connectivity index (χ0) is 14.1. The summed E-state index contributed by atoms with van der Waals surface area (Å²) >= 11 is 1.71. The molecule has 2 aromatic carbocycles. The number of benzene rings is 2. The van der Waals surface area contributed by atoms with Gasteiger partial charge in [-0.25, -0.2) is 4.98 Å². The Kier molecular flexibility index (Phi) is 3.01. The zero-order valence-corrected chi connectivity index (χ0v) is 12.1. The van der Waals surface area contributed by atoms with Crippen LogP contribution in [-0.2, 0) is 6.54 Å². The molecular weight excluding hydrogens is 278 g/mol. The lowest BCUT2D eigenvalue weighted by molar-refractivity contribution is 0.687.